The fourth-order valence-corrected chi connectivity index (χ4v) is 3.16. The smallest absolute Gasteiger partial charge is 0.167 e. The van der Waals surface area contributed by atoms with Crippen LogP contribution >= 0.6 is 0 Å². The Labute approximate surface area is 137 Å². The normalized spacial score (nSPS) is 15.8. The van der Waals surface area contributed by atoms with Gasteiger partial charge < -0.3 is 4.90 Å². The van der Waals surface area contributed by atoms with Gasteiger partial charge >= 0.3 is 0 Å². The number of carbonyl (C=O) groups is 1. The first-order chi connectivity index (χ1) is 11.1. The summed E-state index contributed by atoms with van der Waals surface area (Å²) in [5.41, 5.74) is 4.24. The number of aromatic amines is 1. The quantitative estimate of drug-likeness (QED) is 0.862. The number of anilines is 1. The zero-order valence-electron chi connectivity index (χ0n) is 13.9. The second-order valence-electron chi connectivity index (χ2n) is 6.20. The molecule has 1 aliphatic rings. The highest BCUT2D eigenvalue weighted by Crippen LogP contribution is 2.20. The minimum atomic E-state index is 0.178. The molecule has 1 aromatic carbocycles. The fourth-order valence-electron chi connectivity index (χ4n) is 3.16. The van der Waals surface area contributed by atoms with E-state index < -0.39 is 0 Å². The molecular formula is C18H24N4O. The zero-order valence-corrected chi connectivity index (χ0v) is 13.9. The average Bonchev–Trinajstić information content (AvgIpc) is 3.00. The van der Waals surface area contributed by atoms with Crippen LogP contribution in [0, 0.1) is 13.8 Å². The molecule has 1 saturated heterocycles. The van der Waals surface area contributed by atoms with Gasteiger partial charge in [0.2, 0.25) is 0 Å². The molecule has 2 aromatic rings. The van der Waals surface area contributed by atoms with E-state index in [0.29, 0.717) is 6.42 Å². The maximum absolute atomic E-state index is 12.2. The molecule has 1 N–H and O–H groups in total. The van der Waals surface area contributed by atoms with E-state index in [0.717, 1.165) is 44.0 Å². The highest BCUT2D eigenvalue weighted by Gasteiger charge is 2.19. The van der Waals surface area contributed by atoms with Gasteiger partial charge in [-0.2, -0.15) is 5.10 Å². The summed E-state index contributed by atoms with van der Waals surface area (Å²) in [6.45, 7) is 8.92. The molecule has 1 aromatic heterocycles. The highest BCUT2D eigenvalue weighted by atomic mass is 16.1. The van der Waals surface area contributed by atoms with E-state index in [1.807, 2.05) is 6.92 Å². The Morgan fingerprint density at radius 2 is 1.91 bits per heavy atom. The van der Waals surface area contributed by atoms with Gasteiger partial charge in [-0.05, 0) is 25.5 Å². The first-order valence-corrected chi connectivity index (χ1v) is 8.21. The van der Waals surface area contributed by atoms with E-state index in [9.17, 15) is 4.79 Å². The fraction of sp³-hybridized carbons (Fsp3) is 0.444. The highest BCUT2D eigenvalue weighted by molar-refractivity contribution is 5.96. The first-order valence-electron chi connectivity index (χ1n) is 8.21. The van der Waals surface area contributed by atoms with Gasteiger partial charge in [0.25, 0.3) is 0 Å². The minimum Gasteiger partial charge on any atom is -0.369 e. The lowest BCUT2D eigenvalue weighted by molar-refractivity contribution is 0.0962. The summed E-state index contributed by atoms with van der Waals surface area (Å²) in [6, 6.07) is 8.53. The zero-order chi connectivity index (χ0) is 16.2. The molecule has 3 rings (SSSR count). The maximum Gasteiger partial charge on any atom is 0.167 e. The van der Waals surface area contributed by atoms with Gasteiger partial charge in [-0.1, -0.05) is 18.2 Å². The van der Waals surface area contributed by atoms with E-state index in [1.54, 1.807) is 6.20 Å². The van der Waals surface area contributed by atoms with Gasteiger partial charge in [0.05, 0.1) is 11.8 Å². The minimum absolute atomic E-state index is 0.178. The van der Waals surface area contributed by atoms with E-state index in [4.69, 9.17) is 0 Å². The van der Waals surface area contributed by atoms with Gasteiger partial charge in [0, 0.05) is 50.5 Å². The topological polar surface area (TPSA) is 52.2 Å². The van der Waals surface area contributed by atoms with Gasteiger partial charge in [-0.3, -0.25) is 14.8 Å². The van der Waals surface area contributed by atoms with Crippen LogP contribution in [0.4, 0.5) is 5.69 Å². The van der Waals surface area contributed by atoms with Crippen molar-refractivity contribution in [2.24, 2.45) is 0 Å². The average molecular weight is 312 g/mol. The number of carbonyl (C=O) groups excluding carboxylic acids is 1. The number of nitrogens with one attached hydrogen (secondary N) is 1. The van der Waals surface area contributed by atoms with Crippen molar-refractivity contribution in [1.29, 1.82) is 0 Å². The molecule has 0 bridgehead atoms. The standard InChI is InChI=1S/C18H24N4O/c1-14-5-3-4-6-17(14)22-11-9-21(10-12-22)8-7-18(23)16-13-19-20-15(16)2/h3-6,13H,7-12H2,1-2H3,(H,19,20). The third-order valence-corrected chi connectivity index (χ3v) is 4.61. The Morgan fingerprint density at radius 1 is 1.17 bits per heavy atom. The molecule has 23 heavy (non-hydrogen) atoms. The number of rotatable bonds is 5. The molecule has 1 aliphatic heterocycles. The number of H-pyrrole nitrogens is 1. The number of nitrogens with zero attached hydrogens (tertiary/aromatic N) is 3. The molecule has 0 spiro atoms. The number of aromatic nitrogens is 2. The number of Topliss-reactive ketones (excluding diaryl/α,β-unsaturated/α-hetero) is 1. The van der Waals surface area contributed by atoms with Crippen molar-refractivity contribution in [3.8, 4) is 0 Å². The SMILES string of the molecule is Cc1ccccc1N1CCN(CCC(=O)c2cn[nH]c2C)CC1. The number of ketones is 1. The van der Waals surface area contributed by atoms with Crippen molar-refractivity contribution in [2.45, 2.75) is 20.3 Å². The van der Waals surface area contributed by atoms with Gasteiger partial charge in [0.1, 0.15) is 0 Å². The molecule has 0 amide bonds. The van der Waals surface area contributed by atoms with Crippen LogP contribution in [-0.4, -0.2) is 53.6 Å². The molecule has 5 heteroatoms. The Kier molecular flexibility index (Phi) is 4.76. The Hall–Kier alpha value is -2.14. The van der Waals surface area contributed by atoms with Crippen LogP contribution in [0.15, 0.2) is 30.5 Å². The summed E-state index contributed by atoms with van der Waals surface area (Å²) in [6.07, 6.45) is 2.19. The Morgan fingerprint density at radius 3 is 2.57 bits per heavy atom. The van der Waals surface area contributed by atoms with E-state index in [2.05, 4.69) is 51.2 Å². The van der Waals surface area contributed by atoms with Crippen LogP contribution in [-0.2, 0) is 0 Å². The number of piperazine rings is 1. The number of benzene rings is 1. The molecular weight excluding hydrogens is 288 g/mol. The summed E-state index contributed by atoms with van der Waals surface area (Å²) in [5.74, 6) is 0.178. The number of para-hydroxylation sites is 1. The molecule has 0 aliphatic carbocycles. The Bertz CT molecular complexity index is 671. The number of hydrogen-bond acceptors (Lipinski definition) is 4. The molecule has 0 saturated carbocycles. The van der Waals surface area contributed by atoms with Crippen LogP contribution in [0.1, 0.15) is 28.0 Å². The summed E-state index contributed by atoms with van der Waals surface area (Å²) in [7, 11) is 0. The molecule has 0 atom stereocenters. The van der Waals surface area contributed by atoms with E-state index in [1.165, 1.54) is 11.3 Å². The summed E-state index contributed by atoms with van der Waals surface area (Å²) >= 11 is 0. The van der Waals surface area contributed by atoms with Crippen LogP contribution in [0.25, 0.3) is 0 Å². The molecule has 5 nitrogen and oxygen atoms in total. The van der Waals surface area contributed by atoms with Crippen molar-refractivity contribution in [1.82, 2.24) is 15.1 Å². The predicted molar refractivity (Wildman–Crippen MR) is 92.1 cm³/mol. The second kappa shape index (κ2) is 6.96. The monoisotopic (exact) mass is 312 g/mol. The molecule has 1 fully saturated rings. The summed E-state index contributed by atoms with van der Waals surface area (Å²) in [5, 5.41) is 6.75. The van der Waals surface area contributed by atoms with Crippen LogP contribution in [0.2, 0.25) is 0 Å². The lowest BCUT2D eigenvalue weighted by Gasteiger charge is -2.36. The predicted octanol–water partition coefficient (Wildman–Crippen LogP) is 2.42. The number of hydrogen-bond donors (Lipinski definition) is 1. The van der Waals surface area contributed by atoms with Crippen molar-refractivity contribution >= 4 is 11.5 Å². The van der Waals surface area contributed by atoms with Crippen molar-refractivity contribution in [3.05, 3.63) is 47.3 Å². The van der Waals surface area contributed by atoms with Gasteiger partial charge in [0.15, 0.2) is 5.78 Å². The van der Waals surface area contributed by atoms with E-state index >= 15 is 0 Å². The van der Waals surface area contributed by atoms with Crippen LogP contribution < -0.4 is 4.90 Å². The molecule has 0 unspecified atom stereocenters. The molecule has 0 radical (unpaired) electrons. The van der Waals surface area contributed by atoms with Crippen molar-refractivity contribution < 1.29 is 4.79 Å². The first kappa shape index (κ1) is 15.7. The third-order valence-electron chi connectivity index (χ3n) is 4.61. The number of aryl methyl sites for hydroxylation is 2. The summed E-state index contributed by atoms with van der Waals surface area (Å²) in [4.78, 5) is 17.0. The molecule has 2 heterocycles. The van der Waals surface area contributed by atoms with Crippen LogP contribution in [0.5, 0.6) is 0 Å². The van der Waals surface area contributed by atoms with Crippen LogP contribution in [0.3, 0.4) is 0 Å². The lowest BCUT2D eigenvalue weighted by Crippen LogP contribution is -2.47. The molecule has 122 valence electrons. The van der Waals surface area contributed by atoms with Crippen molar-refractivity contribution in [2.75, 3.05) is 37.6 Å². The van der Waals surface area contributed by atoms with Gasteiger partial charge in [-0.15, -0.1) is 0 Å². The largest absolute Gasteiger partial charge is 0.369 e. The second-order valence-corrected chi connectivity index (χ2v) is 6.20. The maximum atomic E-state index is 12.2. The Balaban J connectivity index is 1.49. The third kappa shape index (κ3) is 3.62. The lowest BCUT2D eigenvalue weighted by atomic mass is 10.1. The van der Waals surface area contributed by atoms with E-state index in [-0.39, 0.29) is 5.78 Å². The van der Waals surface area contributed by atoms with Gasteiger partial charge in [-0.25, -0.2) is 0 Å². The van der Waals surface area contributed by atoms with Crippen molar-refractivity contribution in [3.63, 3.8) is 0 Å². The summed E-state index contributed by atoms with van der Waals surface area (Å²) < 4.78 is 0.